The number of para-hydroxylation sites is 3. The third kappa shape index (κ3) is 4.54. The molecule has 3 aromatic heterocycles. The van der Waals surface area contributed by atoms with Crippen molar-refractivity contribution in [1.29, 1.82) is 0 Å². The van der Waals surface area contributed by atoms with Crippen molar-refractivity contribution in [2.45, 2.75) is 19.9 Å². The molecule has 1 amide bonds. The number of aromatic nitrogens is 6. The summed E-state index contributed by atoms with van der Waals surface area (Å²) in [5.74, 6) is 1.14. The summed E-state index contributed by atoms with van der Waals surface area (Å²) in [5.41, 5.74) is 9.73. The molecule has 0 spiro atoms. The monoisotopic (exact) mass is 497 g/mol. The van der Waals surface area contributed by atoms with E-state index in [9.17, 15) is 4.79 Å². The number of hydrogen-bond donors (Lipinski definition) is 3. The van der Waals surface area contributed by atoms with E-state index in [1.165, 1.54) is 6.20 Å². The van der Waals surface area contributed by atoms with Crippen molar-refractivity contribution in [1.82, 2.24) is 29.3 Å². The van der Waals surface area contributed by atoms with Crippen LogP contribution in [-0.4, -0.2) is 42.3 Å². The number of benzene rings is 2. The van der Waals surface area contributed by atoms with Crippen LogP contribution in [0.5, 0.6) is 5.75 Å². The molecule has 0 saturated heterocycles. The maximum absolute atomic E-state index is 12.2. The van der Waals surface area contributed by atoms with Crippen LogP contribution >= 0.6 is 0 Å². The van der Waals surface area contributed by atoms with Gasteiger partial charge in [0.2, 0.25) is 5.95 Å². The van der Waals surface area contributed by atoms with E-state index in [0.717, 1.165) is 22.4 Å². The number of aryl methyl sites for hydroxylation is 1. The summed E-state index contributed by atoms with van der Waals surface area (Å²) in [6.07, 6.45) is 4.92. The summed E-state index contributed by atoms with van der Waals surface area (Å²) in [5, 5.41) is 10.6. The minimum Gasteiger partial charge on any atom is -0.494 e. The van der Waals surface area contributed by atoms with Crippen molar-refractivity contribution >= 4 is 40.1 Å². The fourth-order valence-corrected chi connectivity index (χ4v) is 4.08. The number of nitrogens with one attached hydrogen (secondary N) is 2. The number of hydrogen-bond acceptors (Lipinski definition) is 8. The minimum atomic E-state index is -0.660. The van der Waals surface area contributed by atoms with Gasteiger partial charge in [-0.05, 0) is 38.1 Å². The quantitative estimate of drug-likeness (QED) is 0.287. The average molecular weight is 498 g/mol. The Morgan fingerprint density at radius 1 is 1.05 bits per heavy atom. The van der Waals surface area contributed by atoms with Gasteiger partial charge in [-0.15, -0.1) is 0 Å². The van der Waals surface area contributed by atoms with Crippen molar-refractivity contribution in [3.8, 4) is 17.1 Å². The molecular weight excluding hydrogens is 470 g/mol. The number of nitrogens with zero attached hydrogens (tertiary/aromatic N) is 6. The summed E-state index contributed by atoms with van der Waals surface area (Å²) in [6.45, 7) is 4.07. The molecule has 0 unspecified atom stereocenters. The zero-order chi connectivity index (χ0) is 26.1. The number of rotatable bonds is 8. The third-order valence-corrected chi connectivity index (χ3v) is 5.94. The van der Waals surface area contributed by atoms with Crippen LogP contribution in [0.3, 0.4) is 0 Å². The topological polar surface area (TPSA) is 138 Å². The predicted octanol–water partition coefficient (Wildman–Crippen LogP) is 4.40. The zero-order valence-electron chi connectivity index (χ0n) is 20.9. The van der Waals surface area contributed by atoms with Crippen LogP contribution in [0.1, 0.15) is 30.2 Å². The Balaban J connectivity index is 1.53. The highest BCUT2D eigenvalue weighted by molar-refractivity contribution is 5.98. The second-order valence-corrected chi connectivity index (χ2v) is 8.74. The molecular formula is C26H27N9O2. The first-order chi connectivity index (χ1) is 17.9. The highest BCUT2D eigenvalue weighted by Crippen LogP contribution is 2.38. The van der Waals surface area contributed by atoms with Gasteiger partial charge in [0.05, 0.1) is 41.3 Å². The first kappa shape index (κ1) is 23.8. The van der Waals surface area contributed by atoms with E-state index in [1.807, 2.05) is 78.8 Å². The van der Waals surface area contributed by atoms with Crippen molar-refractivity contribution in [3.63, 3.8) is 0 Å². The summed E-state index contributed by atoms with van der Waals surface area (Å²) >= 11 is 0. The summed E-state index contributed by atoms with van der Waals surface area (Å²) in [4.78, 5) is 25.7. The van der Waals surface area contributed by atoms with E-state index in [0.29, 0.717) is 17.1 Å². The van der Waals surface area contributed by atoms with E-state index in [4.69, 9.17) is 15.5 Å². The van der Waals surface area contributed by atoms with Gasteiger partial charge >= 0.3 is 0 Å². The second kappa shape index (κ2) is 9.61. The molecule has 4 N–H and O–H groups in total. The predicted molar refractivity (Wildman–Crippen MR) is 142 cm³/mol. The summed E-state index contributed by atoms with van der Waals surface area (Å²) < 4.78 is 9.63. The lowest BCUT2D eigenvalue weighted by Gasteiger charge is -2.16. The molecule has 11 heteroatoms. The molecule has 0 saturated carbocycles. The molecule has 3 heterocycles. The van der Waals surface area contributed by atoms with Crippen molar-refractivity contribution in [3.05, 3.63) is 66.6 Å². The third-order valence-electron chi connectivity index (χ3n) is 5.94. The van der Waals surface area contributed by atoms with Gasteiger partial charge in [-0.3, -0.25) is 9.48 Å². The van der Waals surface area contributed by atoms with Gasteiger partial charge in [0, 0.05) is 25.5 Å². The SMILES string of the molecule is COc1c(Nc2nc(Nc3cnn(C(C)C)c3)ncc2C(N)=O)cccc1-c1nc2ccccc2n1C. The largest absolute Gasteiger partial charge is 0.494 e. The average Bonchev–Trinajstić information content (AvgIpc) is 3.49. The molecule has 5 rings (SSSR count). The van der Waals surface area contributed by atoms with Crippen LogP contribution in [0.25, 0.3) is 22.4 Å². The first-order valence-electron chi connectivity index (χ1n) is 11.7. The number of primary amides is 1. The van der Waals surface area contributed by atoms with E-state index in [1.54, 1.807) is 13.3 Å². The second-order valence-electron chi connectivity index (χ2n) is 8.74. The number of carbonyl (C=O) groups excluding carboxylic acids is 1. The maximum Gasteiger partial charge on any atom is 0.254 e. The highest BCUT2D eigenvalue weighted by atomic mass is 16.5. The number of methoxy groups -OCH3 is 1. The fourth-order valence-electron chi connectivity index (χ4n) is 4.08. The summed E-state index contributed by atoms with van der Waals surface area (Å²) in [6, 6.07) is 13.8. The van der Waals surface area contributed by atoms with Crippen molar-refractivity contribution < 1.29 is 9.53 Å². The number of nitrogens with two attached hydrogens (primary N) is 1. The van der Waals surface area contributed by atoms with Gasteiger partial charge in [0.25, 0.3) is 5.91 Å². The molecule has 0 aliphatic rings. The molecule has 0 aliphatic heterocycles. The van der Waals surface area contributed by atoms with Crippen LogP contribution in [0, 0.1) is 0 Å². The number of anilines is 4. The number of fused-ring (bicyclic) bond motifs is 1. The van der Waals surface area contributed by atoms with Gasteiger partial charge in [-0.2, -0.15) is 10.1 Å². The van der Waals surface area contributed by atoms with Gasteiger partial charge in [0.1, 0.15) is 17.2 Å². The lowest BCUT2D eigenvalue weighted by molar-refractivity contribution is 0.100. The lowest BCUT2D eigenvalue weighted by Crippen LogP contribution is -2.16. The van der Waals surface area contributed by atoms with Gasteiger partial charge in [0.15, 0.2) is 5.75 Å². The molecule has 5 aromatic rings. The molecule has 188 valence electrons. The molecule has 0 bridgehead atoms. The molecule has 0 fully saturated rings. The van der Waals surface area contributed by atoms with E-state index >= 15 is 0 Å². The van der Waals surface area contributed by atoms with Gasteiger partial charge in [-0.1, -0.05) is 18.2 Å². The maximum atomic E-state index is 12.2. The Hall–Kier alpha value is -4.93. The first-order valence-corrected chi connectivity index (χ1v) is 11.7. The number of imidazole rings is 1. The minimum absolute atomic E-state index is 0.138. The molecule has 0 radical (unpaired) electrons. The Labute approximate surface area is 213 Å². The molecule has 0 aliphatic carbocycles. The summed E-state index contributed by atoms with van der Waals surface area (Å²) in [7, 11) is 3.54. The van der Waals surface area contributed by atoms with Crippen LogP contribution in [0.2, 0.25) is 0 Å². The van der Waals surface area contributed by atoms with Crippen LogP contribution in [-0.2, 0) is 7.05 Å². The fraction of sp³-hybridized carbons (Fsp3) is 0.192. The van der Waals surface area contributed by atoms with E-state index in [2.05, 4.69) is 25.7 Å². The smallest absolute Gasteiger partial charge is 0.254 e. The van der Waals surface area contributed by atoms with Crippen molar-refractivity contribution in [2.75, 3.05) is 17.7 Å². The van der Waals surface area contributed by atoms with E-state index in [-0.39, 0.29) is 23.4 Å². The van der Waals surface area contributed by atoms with Crippen LogP contribution < -0.4 is 21.1 Å². The molecule has 11 nitrogen and oxygen atoms in total. The molecule has 2 aromatic carbocycles. The number of amides is 1. The normalized spacial score (nSPS) is 11.2. The van der Waals surface area contributed by atoms with Crippen LogP contribution in [0.15, 0.2) is 61.1 Å². The lowest BCUT2D eigenvalue weighted by atomic mass is 10.1. The van der Waals surface area contributed by atoms with Gasteiger partial charge in [-0.25, -0.2) is 9.97 Å². The van der Waals surface area contributed by atoms with Crippen LogP contribution in [0.4, 0.5) is 23.1 Å². The zero-order valence-corrected chi connectivity index (χ0v) is 20.9. The number of ether oxygens (including phenoxy) is 1. The molecule has 37 heavy (non-hydrogen) atoms. The van der Waals surface area contributed by atoms with Crippen molar-refractivity contribution in [2.24, 2.45) is 12.8 Å². The number of carbonyl (C=O) groups is 1. The Kier molecular flexibility index (Phi) is 6.18. The van der Waals surface area contributed by atoms with Gasteiger partial charge < -0.3 is 25.7 Å². The Bertz CT molecular complexity index is 1600. The highest BCUT2D eigenvalue weighted by Gasteiger charge is 2.19. The Morgan fingerprint density at radius 2 is 1.86 bits per heavy atom. The molecule has 0 atom stereocenters. The van der Waals surface area contributed by atoms with E-state index < -0.39 is 5.91 Å². The Morgan fingerprint density at radius 3 is 2.57 bits per heavy atom. The standard InChI is InChI=1S/C26H27N9O2/c1-15(2)35-14-16(12-29-35)30-26-28-13-18(23(27)36)24(33-26)31-20-10-7-8-17(22(20)37-4)25-32-19-9-5-6-11-21(19)34(25)3/h5-15H,1-4H3,(H2,27,36)(H2,28,30,31,33).